The second-order valence-corrected chi connectivity index (χ2v) is 16.5. The monoisotopic (exact) mass is 844 g/mol. The van der Waals surface area contributed by atoms with Crippen molar-refractivity contribution in [2.45, 2.75) is 75.9 Å². The number of ether oxygens (including phenoxy) is 4. The van der Waals surface area contributed by atoms with Crippen molar-refractivity contribution in [2.24, 2.45) is 11.7 Å². The van der Waals surface area contributed by atoms with Gasteiger partial charge in [0.1, 0.15) is 57.3 Å². The minimum Gasteiger partial charge on any atom is -0.496 e. The molecule has 10 rings (SSSR count). The van der Waals surface area contributed by atoms with Gasteiger partial charge in [-0.05, 0) is 93.7 Å². The molecular formula is C50H51BN5O7. The smallest absolute Gasteiger partial charge is 0.197 e. The third-order valence-corrected chi connectivity index (χ3v) is 12.4. The molecule has 2 aliphatic carbocycles. The highest BCUT2D eigenvalue weighted by Crippen LogP contribution is 2.43. The summed E-state index contributed by atoms with van der Waals surface area (Å²) in [4.78, 5) is 19.4. The Hall–Kier alpha value is -6.73. The number of carbonyl (C=O) groups is 1. The van der Waals surface area contributed by atoms with Gasteiger partial charge in [-0.1, -0.05) is 42.7 Å². The Kier molecular flexibility index (Phi) is 12.1. The van der Waals surface area contributed by atoms with Gasteiger partial charge in [0.15, 0.2) is 7.28 Å². The molecule has 0 unspecified atom stereocenters. The van der Waals surface area contributed by atoms with Crippen LogP contribution in [0.1, 0.15) is 51.4 Å². The van der Waals surface area contributed by atoms with Crippen LogP contribution in [0.2, 0.25) is 6.32 Å². The molecule has 321 valence electrons. The molecule has 8 aromatic rings. The maximum atomic E-state index is 10.6. The second kappa shape index (κ2) is 18.3. The normalized spacial score (nSPS) is 18.8. The number of benzene rings is 4. The number of fused-ring (bicyclic) bond motifs is 4. The number of nitrogens with two attached hydrogens (primary N) is 3. The van der Waals surface area contributed by atoms with Crippen molar-refractivity contribution in [3.05, 3.63) is 97.3 Å². The van der Waals surface area contributed by atoms with Gasteiger partial charge in [0.2, 0.25) is 0 Å². The first-order valence-electron chi connectivity index (χ1n) is 21.6. The van der Waals surface area contributed by atoms with Crippen LogP contribution in [0.25, 0.3) is 66.1 Å². The fraction of sp³-hybridized carbons (Fsp3) is 0.300. The number of methoxy groups -OCH3 is 2. The number of hydrogen-bond donors (Lipinski definition) is 3. The minimum absolute atomic E-state index is 0.133. The Morgan fingerprint density at radius 3 is 1.56 bits per heavy atom. The van der Waals surface area contributed by atoms with Crippen molar-refractivity contribution in [1.29, 1.82) is 0 Å². The van der Waals surface area contributed by atoms with Gasteiger partial charge in [-0.25, -0.2) is 9.97 Å². The van der Waals surface area contributed by atoms with E-state index in [1.165, 1.54) is 0 Å². The molecule has 13 heteroatoms. The quantitative estimate of drug-likeness (QED) is 0.0828. The Bertz CT molecular complexity index is 2830. The zero-order valence-corrected chi connectivity index (χ0v) is 35.5. The summed E-state index contributed by atoms with van der Waals surface area (Å²) in [5, 5.41) is 5.34. The first-order chi connectivity index (χ1) is 30.8. The molecule has 0 saturated heterocycles. The summed E-state index contributed by atoms with van der Waals surface area (Å²) in [5.41, 5.74) is 21.9. The van der Waals surface area contributed by atoms with Gasteiger partial charge in [-0.3, -0.25) is 0 Å². The molecule has 12 nitrogen and oxygen atoms in total. The van der Waals surface area contributed by atoms with Crippen LogP contribution in [-0.4, -0.2) is 55.9 Å². The van der Waals surface area contributed by atoms with Crippen molar-refractivity contribution in [2.75, 3.05) is 25.7 Å². The minimum atomic E-state index is 0.133. The first-order valence-corrected chi connectivity index (χ1v) is 21.6. The van der Waals surface area contributed by atoms with Crippen LogP contribution in [0.3, 0.4) is 0 Å². The summed E-state index contributed by atoms with van der Waals surface area (Å²) in [7, 11) is 4.98. The van der Waals surface area contributed by atoms with Crippen molar-refractivity contribution in [1.82, 2.24) is 9.97 Å². The molecular weight excluding hydrogens is 793 g/mol. The summed E-state index contributed by atoms with van der Waals surface area (Å²) < 4.78 is 36.3. The zero-order valence-electron chi connectivity index (χ0n) is 35.5. The summed E-state index contributed by atoms with van der Waals surface area (Å²) in [6.45, 7) is 0. The molecule has 2 saturated carbocycles. The van der Waals surface area contributed by atoms with E-state index in [-0.39, 0.29) is 18.2 Å². The molecule has 4 aromatic heterocycles. The van der Waals surface area contributed by atoms with Crippen LogP contribution in [0.5, 0.6) is 23.0 Å². The lowest BCUT2D eigenvalue weighted by molar-refractivity contribution is 0.135. The number of hydrogen-bond acceptors (Lipinski definition) is 12. The summed E-state index contributed by atoms with van der Waals surface area (Å²) >= 11 is 0. The van der Waals surface area contributed by atoms with E-state index in [0.717, 1.165) is 142 Å². The number of furan rings is 2. The molecule has 0 bridgehead atoms. The number of aromatic nitrogens is 2. The molecule has 2 fully saturated rings. The maximum absolute atomic E-state index is 10.6. The van der Waals surface area contributed by atoms with Gasteiger partial charge < -0.3 is 49.8 Å². The number of carbonyl (C=O) groups excluding carboxylic acids is 1. The van der Waals surface area contributed by atoms with Crippen molar-refractivity contribution in [3.8, 4) is 45.6 Å². The molecule has 0 amide bonds. The van der Waals surface area contributed by atoms with Gasteiger partial charge in [0.25, 0.3) is 0 Å². The number of nitrogens with zero attached hydrogens (tertiary/aromatic N) is 2. The summed E-state index contributed by atoms with van der Waals surface area (Å²) in [5.74, 6) is 5.59. The molecule has 0 spiro atoms. The Labute approximate surface area is 366 Å². The molecule has 6 N–H and O–H groups in total. The van der Waals surface area contributed by atoms with Crippen LogP contribution in [0, 0.1) is 5.92 Å². The van der Waals surface area contributed by atoms with Gasteiger partial charge >= 0.3 is 0 Å². The predicted molar refractivity (Wildman–Crippen MR) is 250 cm³/mol. The highest BCUT2D eigenvalue weighted by atomic mass is 16.5. The second-order valence-electron chi connectivity index (χ2n) is 16.5. The maximum Gasteiger partial charge on any atom is 0.197 e. The number of nitrogen functional groups attached to an aromatic ring is 2. The van der Waals surface area contributed by atoms with Crippen LogP contribution < -0.4 is 36.1 Å². The third-order valence-electron chi connectivity index (χ3n) is 12.4. The fourth-order valence-corrected chi connectivity index (χ4v) is 9.07. The van der Waals surface area contributed by atoms with Gasteiger partial charge in [-0.2, -0.15) is 0 Å². The van der Waals surface area contributed by atoms with E-state index in [4.69, 9.17) is 45.0 Å². The summed E-state index contributed by atoms with van der Waals surface area (Å²) in [6.07, 6.45) is 13.4. The Morgan fingerprint density at radius 2 is 1.11 bits per heavy atom. The van der Waals surface area contributed by atoms with E-state index in [0.29, 0.717) is 29.1 Å². The van der Waals surface area contributed by atoms with Crippen LogP contribution in [0.4, 0.5) is 11.6 Å². The van der Waals surface area contributed by atoms with E-state index in [1.807, 2.05) is 84.9 Å². The van der Waals surface area contributed by atoms with Gasteiger partial charge in [0, 0.05) is 63.2 Å². The third kappa shape index (κ3) is 8.83. The lowest BCUT2D eigenvalue weighted by Gasteiger charge is -2.29. The Balaban J connectivity index is 0.000000161. The van der Waals surface area contributed by atoms with E-state index in [2.05, 4.69) is 9.97 Å². The average molecular weight is 845 g/mol. The molecule has 2 aliphatic rings. The molecule has 63 heavy (non-hydrogen) atoms. The van der Waals surface area contributed by atoms with Crippen molar-refractivity contribution < 1.29 is 32.6 Å². The standard InChI is InChI=1S/C26H26BN2O4.C24H25N3O3/c1-31-24-12-19(32-18-8-6-16(7-9-18)13-27-15-30)11-20-21(14-29-26(28)25(20)24)23-10-17-4-2-3-5-22(17)33-23;1-28-22-12-17(29-16-8-6-15(25)7-9-16)11-18-19(13-27-24(26)23(18)22)21-10-14-4-2-3-5-20(14)30-21/h2-5,10-12,14-16,18H,6-9,13H2,1H3,(H2,28,29);2-5,10-13,15-16H,6-9,25H2,1H3,(H2,26,27). The van der Waals surface area contributed by atoms with Crippen LogP contribution in [-0.2, 0) is 4.79 Å². The number of para-hydroxylation sites is 2. The van der Waals surface area contributed by atoms with Crippen molar-refractivity contribution >= 4 is 68.6 Å². The average Bonchev–Trinajstić information content (AvgIpc) is 3.94. The van der Waals surface area contributed by atoms with E-state index in [9.17, 15) is 4.79 Å². The fourth-order valence-electron chi connectivity index (χ4n) is 9.07. The Morgan fingerprint density at radius 1 is 0.651 bits per heavy atom. The van der Waals surface area contributed by atoms with Gasteiger partial charge in [-0.15, -0.1) is 0 Å². The van der Waals surface area contributed by atoms with Crippen LogP contribution in [0.15, 0.2) is 106 Å². The lowest BCUT2D eigenvalue weighted by Crippen LogP contribution is -2.31. The molecule has 1 radical (unpaired) electrons. The SMILES string of the molecule is COc1cc(OC2CCC(C[B]C=O)CC2)cc2c(-c3cc4ccccc4o3)cnc(N)c12.COc1cc(OC2CCC(N)CC2)cc2c(-c3cc4ccccc4o3)cnc(N)c12. The molecule has 0 atom stereocenters. The number of pyridine rings is 2. The molecule has 4 heterocycles. The molecule has 4 aromatic carbocycles. The topological polar surface area (TPSA) is 184 Å². The van der Waals surface area contributed by atoms with Gasteiger partial charge in [0.05, 0.1) is 43.4 Å². The van der Waals surface area contributed by atoms with E-state index in [1.54, 1.807) is 33.9 Å². The number of anilines is 2. The zero-order chi connectivity index (χ0) is 43.5. The first kappa shape index (κ1) is 41.6. The number of rotatable bonds is 11. The lowest BCUT2D eigenvalue weighted by atomic mass is 9.67. The largest absolute Gasteiger partial charge is 0.496 e. The highest BCUT2D eigenvalue weighted by Gasteiger charge is 2.25. The van der Waals surface area contributed by atoms with E-state index >= 15 is 0 Å². The van der Waals surface area contributed by atoms with E-state index < -0.39 is 0 Å². The highest BCUT2D eigenvalue weighted by molar-refractivity contribution is 6.66. The predicted octanol–water partition coefficient (Wildman–Crippen LogP) is 10.4. The summed E-state index contributed by atoms with van der Waals surface area (Å²) in [6, 6.07) is 27.9. The molecule has 0 aliphatic heterocycles. The van der Waals surface area contributed by atoms with Crippen LogP contribution >= 0.6 is 0 Å². The van der Waals surface area contributed by atoms with Crippen molar-refractivity contribution in [3.63, 3.8) is 0 Å².